The summed E-state index contributed by atoms with van der Waals surface area (Å²) in [6, 6.07) is 16.4. The van der Waals surface area contributed by atoms with E-state index in [-0.39, 0.29) is 0 Å². The standard InChI is InChI=1S/C22H20N4O/c1-14-11-19(12-20(27-3)15(14)2)22-21(24-26-25-22)17-8-6-16(7-9-17)18-5-4-10-23-13-18/h4-13H,1-3H3,(H,24,25,26). The Bertz CT molecular complexity index is 1070. The van der Waals surface area contributed by atoms with Gasteiger partial charge >= 0.3 is 0 Å². The molecule has 0 atom stereocenters. The Hall–Kier alpha value is -3.47. The van der Waals surface area contributed by atoms with Crippen molar-refractivity contribution in [2.24, 2.45) is 0 Å². The van der Waals surface area contributed by atoms with Crippen LogP contribution in [0.15, 0.2) is 60.9 Å². The molecule has 5 nitrogen and oxygen atoms in total. The molecule has 0 bridgehead atoms. The summed E-state index contributed by atoms with van der Waals surface area (Å²) >= 11 is 0. The van der Waals surface area contributed by atoms with Crippen molar-refractivity contribution in [1.82, 2.24) is 20.4 Å². The molecular formula is C22H20N4O. The molecule has 134 valence electrons. The van der Waals surface area contributed by atoms with E-state index in [1.807, 2.05) is 24.4 Å². The van der Waals surface area contributed by atoms with Gasteiger partial charge in [-0.2, -0.15) is 15.4 Å². The molecule has 0 aliphatic rings. The molecule has 0 saturated heterocycles. The van der Waals surface area contributed by atoms with Gasteiger partial charge < -0.3 is 4.74 Å². The average molecular weight is 356 g/mol. The number of benzene rings is 2. The SMILES string of the molecule is COc1cc(-c2n[nH]nc2-c2ccc(-c3cccnc3)cc2)cc(C)c1C. The second kappa shape index (κ2) is 7.03. The van der Waals surface area contributed by atoms with Crippen LogP contribution in [0.3, 0.4) is 0 Å². The van der Waals surface area contributed by atoms with Gasteiger partial charge in [-0.1, -0.05) is 30.3 Å². The third-order valence-electron chi connectivity index (χ3n) is 4.81. The zero-order valence-corrected chi connectivity index (χ0v) is 15.5. The number of pyridine rings is 1. The molecule has 27 heavy (non-hydrogen) atoms. The monoisotopic (exact) mass is 356 g/mol. The van der Waals surface area contributed by atoms with Gasteiger partial charge in [-0.15, -0.1) is 0 Å². The van der Waals surface area contributed by atoms with E-state index >= 15 is 0 Å². The fraction of sp³-hybridized carbons (Fsp3) is 0.136. The molecule has 0 spiro atoms. The van der Waals surface area contributed by atoms with Crippen LogP contribution in [-0.4, -0.2) is 27.5 Å². The van der Waals surface area contributed by atoms with E-state index in [0.29, 0.717) is 0 Å². The van der Waals surface area contributed by atoms with E-state index in [4.69, 9.17) is 4.74 Å². The van der Waals surface area contributed by atoms with Crippen LogP contribution >= 0.6 is 0 Å². The van der Waals surface area contributed by atoms with E-state index in [1.165, 1.54) is 0 Å². The van der Waals surface area contributed by atoms with Crippen molar-refractivity contribution in [3.05, 3.63) is 72.1 Å². The zero-order chi connectivity index (χ0) is 18.8. The highest BCUT2D eigenvalue weighted by Gasteiger charge is 2.15. The van der Waals surface area contributed by atoms with Gasteiger partial charge in [-0.3, -0.25) is 4.98 Å². The van der Waals surface area contributed by atoms with Crippen LogP contribution < -0.4 is 4.74 Å². The lowest BCUT2D eigenvalue weighted by Crippen LogP contribution is -1.93. The van der Waals surface area contributed by atoms with Gasteiger partial charge in [0.1, 0.15) is 17.1 Å². The molecule has 2 aromatic carbocycles. The molecule has 2 heterocycles. The first-order chi connectivity index (χ1) is 13.2. The third kappa shape index (κ3) is 3.19. The van der Waals surface area contributed by atoms with Crippen LogP contribution in [0.5, 0.6) is 5.75 Å². The largest absolute Gasteiger partial charge is 0.496 e. The minimum atomic E-state index is 0.811. The van der Waals surface area contributed by atoms with Crippen molar-refractivity contribution < 1.29 is 4.74 Å². The number of ether oxygens (including phenoxy) is 1. The molecule has 0 fully saturated rings. The summed E-state index contributed by atoms with van der Waals surface area (Å²) in [5.74, 6) is 0.853. The molecule has 4 rings (SSSR count). The van der Waals surface area contributed by atoms with Gasteiger partial charge in [0.05, 0.1) is 7.11 Å². The number of H-pyrrole nitrogens is 1. The average Bonchev–Trinajstić information content (AvgIpc) is 3.20. The van der Waals surface area contributed by atoms with E-state index in [1.54, 1.807) is 13.3 Å². The first-order valence-electron chi connectivity index (χ1n) is 8.74. The van der Waals surface area contributed by atoms with E-state index in [0.717, 1.165) is 50.5 Å². The predicted octanol–water partition coefficient (Wildman–Crippen LogP) is 4.83. The smallest absolute Gasteiger partial charge is 0.122 e. The molecule has 0 aliphatic heterocycles. The van der Waals surface area contributed by atoms with Gasteiger partial charge in [-0.05, 0) is 54.3 Å². The summed E-state index contributed by atoms with van der Waals surface area (Å²) in [5.41, 5.74) is 8.10. The number of aryl methyl sites for hydroxylation is 1. The number of aromatic nitrogens is 4. The molecular weight excluding hydrogens is 336 g/mol. The summed E-state index contributed by atoms with van der Waals surface area (Å²) in [6.07, 6.45) is 3.63. The van der Waals surface area contributed by atoms with Gasteiger partial charge in [0.25, 0.3) is 0 Å². The summed E-state index contributed by atoms with van der Waals surface area (Å²) in [4.78, 5) is 4.18. The van der Waals surface area contributed by atoms with Crippen molar-refractivity contribution in [1.29, 1.82) is 0 Å². The Morgan fingerprint density at radius 1 is 0.815 bits per heavy atom. The van der Waals surface area contributed by atoms with Gasteiger partial charge in [-0.25, -0.2) is 0 Å². The predicted molar refractivity (Wildman–Crippen MR) is 107 cm³/mol. The van der Waals surface area contributed by atoms with Crippen molar-refractivity contribution in [3.63, 3.8) is 0 Å². The van der Waals surface area contributed by atoms with Crippen LogP contribution in [0.4, 0.5) is 0 Å². The Morgan fingerprint density at radius 3 is 2.19 bits per heavy atom. The topological polar surface area (TPSA) is 63.7 Å². The number of nitrogens with one attached hydrogen (secondary N) is 1. The van der Waals surface area contributed by atoms with E-state index < -0.39 is 0 Å². The Kier molecular flexibility index (Phi) is 4.42. The lowest BCUT2D eigenvalue weighted by Gasteiger charge is -2.10. The number of hydrogen-bond donors (Lipinski definition) is 1. The van der Waals surface area contributed by atoms with Crippen molar-refractivity contribution in [2.75, 3.05) is 7.11 Å². The number of hydrogen-bond acceptors (Lipinski definition) is 4. The second-order valence-corrected chi connectivity index (χ2v) is 6.46. The van der Waals surface area contributed by atoms with Crippen LogP contribution in [0.25, 0.3) is 33.6 Å². The van der Waals surface area contributed by atoms with Crippen LogP contribution in [0, 0.1) is 13.8 Å². The quantitative estimate of drug-likeness (QED) is 0.569. The minimum absolute atomic E-state index is 0.811. The molecule has 0 saturated carbocycles. The highest BCUT2D eigenvalue weighted by atomic mass is 16.5. The molecule has 0 unspecified atom stereocenters. The number of methoxy groups -OCH3 is 1. The summed E-state index contributed by atoms with van der Waals surface area (Å²) in [7, 11) is 1.69. The summed E-state index contributed by atoms with van der Waals surface area (Å²) < 4.78 is 5.51. The van der Waals surface area contributed by atoms with Crippen molar-refractivity contribution >= 4 is 0 Å². The second-order valence-electron chi connectivity index (χ2n) is 6.46. The first kappa shape index (κ1) is 17.0. The molecule has 0 amide bonds. The highest BCUT2D eigenvalue weighted by Crippen LogP contribution is 2.34. The maximum absolute atomic E-state index is 5.51. The van der Waals surface area contributed by atoms with Crippen LogP contribution in [0.1, 0.15) is 11.1 Å². The number of aromatic amines is 1. The third-order valence-corrected chi connectivity index (χ3v) is 4.81. The van der Waals surface area contributed by atoms with Crippen LogP contribution in [0.2, 0.25) is 0 Å². The lowest BCUT2D eigenvalue weighted by molar-refractivity contribution is 0.411. The lowest BCUT2D eigenvalue weighted by atomic mass is 9.99. The maximum Gasteiger partial charge on any atom is 0.122 e. The Balaban J connectivity index is 1.74. The van der Waals surface area contributed by atoms with E-state index in [9.17, 15) is 0 Å². The number of nitrogens with zero attached hydrogens (tertiary/aromatic N) is 3. The highest BCUT2D eigenvalue weighted by molar-refractivity contribution is 5.80. The van der Waals surface area contributed by atoms with Gasteiger partial charge in [0.2, 0.25) is 0 Å². The molecule has 4 aromatic rings. The molecule has 0 aliphatic carbocycles. The van der Waals surface area contributed by atoms with E-state index in [2.05, 4.69) is 64.6 Å². The zero-order valence-electron chi connectivity index (χ0n) is 15.5. The molecule has 0 radical (unpaired) electrons. The Labute approximate surface area is 158 Å². The molecule has 1 N–H and O–H groups in total. The summed E-state index contributed by atoms with van der Waals surface area (Å²) in [5, 5.41) is 11.5. The molecule has 5 heteroatoms. The Morgan fingerprint density at radius 2 is 1.52 bits per heavy atom. The van der Waals surface area contributed by atoms with Crippen LogP contribution in [-0.2, 0) is 0 Å². The normalized spacial score (nSPS) is 10.8. The van der Waals surface area contributed by atoms with Crippen molar-refractivity contribution in [3.8, 4) is 39.4 Å². The molecule has 2 aromatic heterocycles. The number of rotatable bonds is 4. The fourth-order valence-electron chi connectivity index (χ4n) is 3.16. The summed E-state index contributed by atoms with van der Waals surface area (Å²) in [6.45, 7) is 4.13. The fourth-order valence-corrected chi connectivity index (χ4v) is 3.16. The van der Waals surface area contributed by atoms with Gasteiger partial charge in [0.15, 0.2) is 0 Å². The first-order valence-corrected chi connectivity index (χ1v) is 8.74. The van der Waals surface area contributed by atoms with Gasteiger partial charge in [0, 0.05) is 23.5 Å². The minimum Gasteiger partial charge on any atom is -0.496 e. The van der Waals surface area contributed by atoms with Crippen molar-refractivity contribution in [2.45, 2.75) is 13.8 Å². The maximum atomic E-state index is 5.51.